The molecule has 0 aliphatic rings. The highest BCUT2D eigenvalue weighted by Crippen LogP contribution is 2.37. The van der Waals surface area contributed by atoms with E-state index in [1.165, 1.54) is 0 Å². The van der Waals surface area contributed by atoms with Gasteiger partial charge in [-0.3, -0.25) is 0 Å². The number of halogens is 5. The van der Waals surface area contributed by atoms with Gasteiger partial charge in [0.1, 0.15) is 5.15 Å². The van der Waals surface area contributed by atoms with Crippen LogP contribution in [0.3, 0.4) is 0 Å². The Morgan fingerprint density at radius 3 is 2.43 bits per heavy atom. The number of alkyl halides is 3. The smallest absolute Gasteiger partial charge is 0.502 e. The van der Waals surface area contributed by atoms with Crippen molar-refractivity contribution in [2.75, 3.05) is 0 Å². The summed E-state index contributed by atoms with van der Waals surface area (Å²) in [5, 5.41) is 8.14. The summed E-state index contributed by atoms with van der Waals surface area (Å²) in [5.41, 5.74) is 0. The van der Waals surface area contributed by atoms with Crippen LogP contribution in [0.2, 0.25) is 10.3 Å². The molecule has 1 aromatic rings. The van der Waals surface area contributed by atoms with Crippen LogP contribution >= 0.6 is 23.2 Å². The van der Waals surface area contributed by atoms with E-state index < -0.39 is 23.0 Å². The third-order valence-electron chi connectivity index (χ3n) is 1.11. The third-order valence-corrected chi connectivity index (χ3v) is 1.57. The van der Waals surface area contributed by atoms with Crippen LogP contribution in [0.1, 0.15) is 0 Å². The molecule has 0 atom stereocenters. The summed E-state index contributed by atoms with van der Waals surface area (Å²) < 4.78 is 38.7. The minimum absolute atomic E-state index is 0.313. The van der Waals surface area contributed by atoms with E-state index in [1.54, 1.807) is 0 Å². The van der Waals surface area contributed by atoms with E-state index >= 15 is 0 Å². The normalized spacial score (nSPS) is 11.5. The SMILES string of the molecule is Oc1c(OC(F)(F)F)cc(Cl)nc1Cl. The third kappa shape index (κ3) is 2.81. The fourth-order valence-electron chi connectivity index (χ4n) is 0.660. The minimum Gasteiger partial charge on any atom is -0.502 e. The molecule has 78 valence electrons. The van der Waals surface area contributed by atoms with Gasteiger partial charge in [0.25, 0.3) is 0 Å². The van der Waals surface area contributed by atoms with Gasteiger partial charge in [0.2, 0.25) is 0 Å². The zero-order valence-corrected chi connectivity index (χ0v) is 7.78. The van der Waals surface area contributed by atoms with Gasteiger partial charge in [0, 0.05) is 6.07 Å². The Kier molecular flexibility index (Phi) is 2.96. The summed E-state index contributed by atoms with van der Waals surface area (Å²) in [6.45, 7) is 0. The lowest BCUT2D eigenvalue weighted by molar-refractivity contribution is -0.275. The molecule has 0 aliphatic carbocycles. The van der Waals surface area contributed by atoms with Crippen LogP contribution < -0.4 is 4.74 Å². The standard InChI is InChI=1S/C6H2Cl2F3NO2/c7-3-1-2(14-6(9,10)11)4(13)5(8)12-3/h1,13H. The van der Waals surface area contributed by atoms with Crippen molar-refractivity contribution in [2.24, 2.45) is 0 Å². The second-order valence-electron chi connectivity index (χ2n) is 2.13. The van der Waals surface area contributed by atoms with Crippen molar-refractivity contribution in [3.63, 3.8) is 0 Å². The summed E-state index contributed by atoms with van der Waals surface area (Å²) >= 11 is 10.6. The average molecular weight is 248 g/mol. The molecule has 0 saturated carbocycles. The summed E-state index contributed by atoms with van der Waals surface area (Å²) in [6.07, 6.45) is -4.93. The van der Waals surface area contributed by atoms with E-state index in [-0.39, 0.29) is 5.15 Å². The van der Waals surface area contributed by atoms with Crippen molar-refractivity contribution in [3.8, 4) is 11.5 Å². The van der Waals surface area contributed by atoms with Crippen molar-refractivity contribution in [2.45, 2.75) is 6.36 Å². The Morgan fingerprint density at radius 2 is 1.93 bits per heavy atom. The Hall–Kier alpha value is -0.880. The first-order chi connectivity index (χ1) is 6.29. The molecule has 0 radical (unpaired) electrons. The molecule has 0 fully saturated rings. The number of nitrogens with zero attached hydrogens (tertiary/aromatic N) is 1. The van der Waals surface area contributed by atoms with Crippen LogP contribution in [-0.2, 0) is 0 Å². The van der Waals surface area contributed by atoms with Crippen molar-refractivity contribution < 1.29 is 23.0 Å². The minimum atomic E-state index is -4.93. The first kappa shape index (κ1) is 11.2. The quantitative estimate of drug-likeness (QED) is 0.776. The second kappa shape index (κ2) is 3.70. The molecule has 0 saturated heterocycles. The van der Waals surface area contributed by atoms with E-state index in [9.17, 15) is 13.2 Å². The fraction of sp³-hybridized carbons (Fsp3) is 0.167. The lowest BCUT2D eigenvalue weighted by Gasteiger charge is -2.10. The van der Waals surface area contributed by atoms with E-state index in [2.05, 4.69) is 9.72 Å². The van der Waals surface area contributed by atoms with E-state index in [1.807, 2.05) is 0 Å². The molecule has 0 spiro atoms. The van der Waals surface area contributed by atoms with Crippen molar-refractivity contribution in [1.82, 2.24) is 4.98 Å². The highest BCUT2D eigenvalue weighted by Gasteiger charge is 2.33. The molecule has 1 heterocycles. The maximum absolute atomic E-state index is 11.7. The number of aromatic nitrogens is 1. The van der Waals surface area contributed by atoms with Gasteiger partial charge in [0.15, 0.2) is 16.7 Å². The van der Waals surface area contributed by atoms with Gasteiger partial charge in [-0.05, 0) is 0 Å². The van der Waals surface area contributed by atoms with Gasteiger partial charge < -0.3 is 9.84 Å². The molecule has 1 rings (SSSR count). The van der Waals surface area contributed by atoms with Crippen LogP contribution in [0.5, 0.6) is 11.5 Å². The Morgan fingerprint density at radius 1 is 1.36 bits per heavy atom. The van der Waals surface area contributed by atoms with Gasteiger partial charge in [-0.1, -0.05) is 23.2 Å². The Labute approximate surface area is 86.0 Å². The van der Waals surface area contributed by atoms with E-state index in [0.29, 0.717) is 6.07 Å². The monoisotopic (exact) mass is 247 g/mol. The summed E-state index contributed by atoms with van der Waals surface area (Å²) in [4.78, 5) is 3.30. The van der Waals surface area contributed by atoms with Crippen molar-refractivity contribution in [3.05, 3.63) is 16.4 Å². The van der Waals surface area contributed by atoms with Crippen molar-refractivity contribution in [1.29, 1.82) is 0 Å². The van der Waals surface area contributed by atoms with Gasteiger partial charge in [-0.25, -0.2) is 4.98 Å². The predicted molar refractivity (Wildman–Crippen MR) is 42.6 cm³/mol. The molecule has 8 heteroatoms. The fourth-order valence-corrected chi connectivity index (χ4v) is 1.07. The van der Waals surface area contributed by atoms with Crippen LogP contribution in [0.25, 0.3) is 0 Å². The number of hydrogen-bond donors (Lipinski definition) is 1. The molecule has 0 unspecified atom stereocenters. The maximum atomic E-state index is 11.7. The Balaban J connectivity index is 3.09. The van der Waals surface area contributed by atoms with Crippen LogP contribution in [-0.4, -0.2) is 16.5 Å². The molecule has 0 aliphatic heterocycles. The molecule has 1 aromatic heterocycles. The highest BCUT2D eigenvalue weighted by atomic mass is 35.5. The first-order valence-corrected chi connectivity index (χ1v) is 3.86. The summed E-state index contributed by atoms with van der Waals surface area (Å²) in [7, 11) is 0. The largest absolute Gasteiger partial charge is 0.573 e. The molecule has 0 bridgehead atoms. The molecule has 0 amide bonds. The zero-order valence-electron chi connectivity index (χ0n) is 6.27. The van der Waals surface area contributed by atoms with Gasteiger partial charge >= 0.3 is 6.36 Å². The van der Waals surface area contributed by atoms with E-state index in [4.69, 9.17) is 28.3 Å². The molecular formula is C6H2Cl2F3NO2. The molecule has 1 N–H and O–H groups in total. The van der Waals surface area contributed by atoms with E-state index in [0.717, 1.165) is 0 Å². The summed E-state index contributed by atoms with van der Waals surface area (Å²) in [6, 6.07) is 0.705. The Bertz CT molecular complexity index is 356. The van der Waals surface area contributed by atoms with Crippen LogP contribution in [0.4, 0.5) is 13.2 Å². The number of hydrogen-bond acceptors (Lipinski definition) is 3. The predicted octanol–water partition coefficient (Wildman–Crippen LogP) is 2.99. The second-order valence-corrected chi connectivity index (χ2v) is 2.88. The topological polar surface area (TPSA) is 42.4 Å². The van der Waals surface area contributed by atoms with Gasteiger partial charge in [-0.15, -0.1) is 13.2 Å². The van der Waals surface area contributed by atoms with Crippen LogP contribution in [0.15, 0.2) is 6.07 Å². The molecule has 14 heavy (non-hydrogen) atoms. The average Bonchev–Trinajstić information content (AvgIpc) is 1.96. The molecular weight excluding hydrogens is 246 g/mol. The lowest BCUT2D eigenvalue weighted by Crippen LogP contribution is -2.17. The van der Waals surface area contributed by atoms with Gasteiger partial charge in [0.05, 0.1) is 0 Å². The zero-order chi connectivity index (χ0) is 10.9. The molecule has 0 aromatic carbocycles. The molecule has 3 nitrogen and oxygen atoms in total. The maximum Gasteiger partial charge on any atom is 0.573 e. The number of pyridine rings is 1. The number of aromatic hydroxyl groups is 1. The van der Waals surface area contributed by atoms with Gasteiger partial charge in [-0.2, -0.15) is 0 Å². The number of ether oxygens (including phenoxy) is 1. The summed E-state index contributed by atoms with van der Waals surface area (Å²) in [5.74, 6) is -1.80. The first-order valence-electron chi connectivity index (χ1n) is 3.10. The van der Waals surface area contributed by atoms with Crippen molar-refractivity contribution >= 4 is 23.2 Å². The lowest BCUT2D eigenvalue weighted by atomic mass is 10.4. The highest BCUT2D eigenvalue weighted by molar-refractivity contribution is 6.33. The number of rotatable bonds is 1. The van der Waals surface area contributed by atoms with Crippen LogP contribution in [0, 0.1) is 0 Å².